The highest BCUT2D eigenvalue weighted by Gasteiger charge is 2.60. The minimum atomic E-state index is -0.958. The predicted octanol–water partition coefficient (Wildman–Crippen LogP) is 7.78. The van der Waals surface area contributed by atoms with Gasteiger partial charge in [-0.1, -0.05) is 92.6 Å². The van der Waals surface area contributed by atoms with Crippen molar-refractivity contribution in [3.8, 4) is 5.75 Å². The lowest BCUT2D eigenvalue weighted by Crippen LogP contribution is -2.37. The Labute approximate surface area is 239 Å². The molecule has 0 bridgehead atoms. The van der Waals surface area contributed by atoms with Crippen molar-refractivity contribution in [3.05, 3.63) is 88.4 Å². The van der Waals surface area contributed by atoms with Crippen molar-refractivity contribution in [3.63, 3.8) is 0 Å². The van der Waals surface area contributed by atoms with E-state index >= 15 is 0 Å². The molecule has 8 heteroatoms. The Hall–Kier alpha value is -3.06. The van der Waals surface area contributed by atoms with Gasteiger partial charge in [0.15, 0.2) is 6.10 Å². The topological polar surface area (TPSA) is 59.1 Å². The first-order chi connectivity index (χ1) is 19.0. The fraction of sp³-hybridized carbons (Fsp3) is 0.355. The minimum absolute atomic E-state index is 0.270. The summed E-state index contributed by atoms with van der Waals surface area (Å²) in [7, 11) is 0. The van der Waals surface area contributed by atoms with E-state index in [1.165, 1.54) is 31.7 Å². The highest BCUT2D eigenvalue weighted by molar-refractivity contribution is 6.42. The van der Waals surface area contributed by atoms with E-state index < -0.39 is 24.0 Å². The van der Waals surface area contributed by atoms with Crippen molar-refractivity contribution in [2.24, 2.45) is 5.92 Å². The standard InChI is InChI=1S/C31H32Cl2N2O4/c1-2-3-4-5-6-10-19-38-24-16-13-21(14-17-24)28-27-29(39-35(28)22-11-8-7-9-12-22)31(37)34(30(27)36)23-15-18-25(32)26(33)20-23/h7-9,11-18,20,27-29H,2-6,10,19H2,1H3/t27-,28+,29+/m1/s1. The molecule has 2 fully saturated rings. The smallest absolute Gasteiger partial charge is 0.266 e. The van der Waals surface area contributed by atoms with Gasteiger partial charge in [0.25, 0.3) is 5.91 Å². The molecule has 0 unspecified atom stereocenters. The van der Waals surface area contributed by atoms with Crippen LogP contribution in [0.4, 0.5) is 11.4 Å². The van der Waals surface area contributed by atoms with Crippen molar-refractivity contribution in [1.82, 2.24) is 0 Å². The summed E-state index contributed by atoms with van der Waals surface area (Å²) in [4.78, 5) is 34.6. The van der Waals surface area contributed by atoms with Gasteiger partial charge in [0.2, 0.25) is 5.91 Å². The fourth-order valence-electron chi connectivity index (χ4n) is 5.26. The van der Waals surface area contributed by atoms with Crippen LogP contribution in [0.3, 0.4) is 0 Å². The second-order valence-electron chi connectivity index (χ2n) is 9.95. The summed E-state index contributed by atoms with van der Waals surface area (Å²) in [5, 5.41) is 2.30. The first-order valence-corrected chi connectivity index (χ1v) is 14.3. The van der Waals surface area contributed by atoms with Gasteiger partial charge in [-0.05, 0) is 54.4 Å². The van der Waals surface area contributed by atoms with Crippen LogP contribution in [0.25, 0.3) is 0 Å². The molecular weight excluding hydrogens is 535 g/mol. The molecule has 0 saturated carbocycles. The first kappa shape index (κ1) is 27.5. The van der Waals surface area contributed by atoms with Gasteiger partial charge in [-0.15, -0.1) is 0 Å². The SMILES string of the molecule is CCCCCCCCOc1ccc([C@H]2[C@H]3C(=O)N(c4ccc(Cl)c(Cl)c4)C(=O)[C@H]3ON2c2ccccc2)cc1. The number of hydrogen-bond acceptors (Lipinski definition) is 5. The summed E-state index contributed by atoms with van der Waals surface area (Å²) in [6, 6.07) is 21.5. The van der Waals surface area contributed by atoms with Gasteiger partial charge in [0, 0.05) is 0 Å². The quantitative estimate of drug-likeness (QED) is 0.175. The lowest BCUT2D eigenvalue weighted by atomic mass is 9.90. The predicted molar refractivity (Wildman–Crippen MR) is 154 cm³/mol. The zero-order valence-electron chi connectivity index (χ0n) is 21.9. The van der Waals surface area contributed by atoms with Crippen LogP contribution in [0.5, 0.6) is 5.75 Å². The summed E-state index contributed by atoms with van der Waals surface area (Å²) in [5.41, 5.74) is 2.00. The fourth-order valence-corrected chi connectivity index (χ4v) is 5.56. The number of carbonyl (C=O) groups is 2. The Morgan fingerprint density at radius 3 is 2.23 bits per heavy atom. The molecule has 6 nitrogen and oxygen atoms in total. The van der Waals surface area contributed by atoms with E-state index in [1.807, 2.05) is 54.6 Å². The van der Waals surface area contributed by atoms with Gasteiger partial charge in [-0.25, -0.2) is 9.96 Å². The summed E-state index contributed by atoms with van der Waals surface area (Å²) in [6.07, 6.45) is 6.27. The molecule has 204 valence electrons. The van der Waals surface area contributed by atoms with Gasteiger partial charge in [-0.2, -0.15) is 0 Å². The molecule has 2 aliphatic rings. The van der Waals surface area contributed by atoms with E-state index in [0.717, 1.165) is 34.7 Å². The van der Waals surface area contributed by atoms with Crippen LogP contribution in [-0.4, -0.2) is 24.5 Å². The van der Waals surface area contributed by atoms with Crippen molar-refractivity contribution in [1.29, 1.82) is 0 Å². The van der Waals surface area contributed by atoms with Crippen molar-refractivity contribution in [2.45, 2.75) is 57.6 Å². The molecule has 3 atom stereocenters. The lowest BCUT2D eigenvalue weighted by Gasteiger charge is -2.29. The molecule has 2 saturated heterocycles. The number of carbonyl (C=O) groups excluding carboxylic acids is 2. The highest BCUT2D eigenvalue weighted by atomic mass is 35.5. The van der Waals surface area contributed by atoms with Gasteiger partial charge < -0.3 is 4.74 Å². The number of nitrogens with zero attached hydrogens (tertiary/aromatic N) is 2. The number of rotatable bonds is 11. The second kappa shape index (κ2) is 12.4. The Bertz CT molecular complexity index is 1300. The average molecular weight is 568 g/mol. The largest absolute Gasteiger partial charge is 0.494 e. The number of imide groups is 1. The summed E-state index contributed by atoms with van der Waals surface area (Å²) in [5.74, 6) is -0.719. The Balaban J connectivity index is 1.36. The van der Waals surface area contributed by atoms with E-state index in [2.05, 4.69) is 6.92 Å². The first-order valence-electron chi connectivity index (χ1n) is 13.6. The summed E-state index contributed by atoms with van der Waals surface area (Å²) >= 11 is 12.3. The zero-order chi connectivity index (χ0) is 27.4. The average Bonchev–Trinajstić information content (AvgIpc) is 3.46. The van der Waals surface area contributed by atoms with E-state index in [9.17, 15) is 9.59 Å². The van der Waals surface area contributed by atoms with Gasteiger partial charge in [0.1, 0.15) is 11.7 Å². The van der Waals surface area contributed by atoms with Crippen LogP contribution >= 0.6 is 23.2 Å². The Kier molecular flexibility index (Phi) is 8.75. The number of amides is 2. The molecule has 0 N–H and O–H groups in total. The molecule has 3 aromatic carbocycles. The third-order valence-electron chi connectivity index (χ3n) is 7.28. The van der Waals surface area contributed by atoms with Crippen molar-refractivity contribution in [2.75, 3.05) is 16.6 Å². The molecule has 0 aromatic heterocycles. The van der Waals surface area contributed by atoms with Crippen LogP contribution in [0.2, 0.25) is 10.0 Å². The molecule has 2 amide bonds. The van der Waals surface area contributed by atoms with Crippen molar-refractivity contribution < 1.29 is 19.2 Å². The van der Waals surface area contributed by atoms with E-state index in [1.54, 1.807) is 17.2 Å². The molecule has 5 rings (SSSR count). The molecule has 39 heavy (non-hydrogen) atoms. The van der Waals surface area contributed by atoms with Gasteiger partial charge in [0.05, 0.1) is 34.1 Å². The van der Waals surface area contributed by atoms with E-state index in [-0.39, 0.29) is 10.9 Å². The lowest BCUT2D eigenvalue weighted by molar-refractivity contribution is -0.126. The Morgan fingerprint density at radius 2 is 1.51 bits per heavy atom. The molecule has 2 heterocycles. The number of ether oxygens (including phenoxy) is 1. The third kappa shape index (κ3) is 5.79. The number of unbranched alkanes of at least 4 members (excludes halogenated alkanes) is 5. The van der Waals surface area contributed by atoms with Crippen LogP contribution in [0.1, 0.15) is 57.1 Å². The molecule has 2 aliphatic heterocycles. The number of hydroxylamine groups is 1. The maximum Gasteiger partial charge on any atom is 0.266 e. The van der Waals surface area contributed by atoms with Gasteiger partial charge >= 0.3 is 0 Å². The normalized spacial score (nSPS) is 20.5. The molecule has 0 aliphatic carbocycles. The summed E-state index contributed by atoms with van der Waals surface area (Å²) in [6.45, 7) is 2.89. The molecule has 3 aromatic rings. The van der Waals surface area contributed by atoms with Crippen LogP contribution in [-0.2, 0) is 14.4 Å². The van der Waals surface area contributed by atoms with E-state index in [0.29, 0.717) is 17.3 Å². The van der Waals surface area contributed by atoms with Crippen LogP contribution < -0.4 is 14.7 Å². The number of hydrogen-bond donors (Lipinski definition) is 0. The molecular formula is C31H32Cl2N2O4. The zero-order valence-corrected chi connectivity index (χ0v) is 23.4. The monoisotopic (exact) mass is 566 g/mol. The molecule has 0 spiro atoms. The Morgan fingerprint density at radius 1 is 0.795 bits per heavy atom. The molecule has 0 radical (unpaired) electrons. The van der Waals surface area contributed by atoms with Gasteiger partial charge in [-0.3, -0.25) is 14.4 Å². The maximum absolute atomic E-state index is 13.8. The van der Waals surface area contributed by atoms with Crippen molar-refractivity contribution >= 4 is 46.4 Å². The third-order valence-corrected chi connectivity index (χ3v) is 8.01. The minimum Gasteiger partial charge on any atom is -0.494 e. The number of halogens is 2. The van der Waals surface area contributed by atoms with Crippen LogP contribution in [0.15, 0.2) is 72.8 Å². The number of para-hydroxylation sites is 1. The number of benzene rings is 3. The number of anilines is 2. The van der Waals surface area contributed by atoms with Crippen LogP contribution in [0, 0.1) is 5.92 Å². The maximum atomic E-state index is 13.8. The van der Waals surface area contributed by atoms with E-state index in [4.69, 9.17) is 32.8 Å². The highest BCUT2D eigenvalue weighted by Crippen LogP contribution is 2.48. The second-order valence-corrected chi connectivity index (χ2v) is 10.8. The summed E-state index contributed by atoms with van der Waals surface area (Å²) < 4.78 is 5.96. The number of fused-ring (bicyclic) bond motifs is 1.